The first-order chi connectivity index (χ1) is 15.9. The summed E-state index contributed by atoms with van der Waals surface area (Å²) in [4.78, 5) is 16.2. The second kappa shape index (κ2) is 8.63. The van der Waals surface area contributed by atoms with Gasteiger partial charge in [-0.25, -0.2) is 9.37 Å². The number of carboxylic acids is 1. The molecule has 2 fully saturated rings. The summed E-state index contributed by atoms with van der Waals surface area (Å²) < 4.78 is 25.8. The zero-order chi connectivity index (χ0) is 23.1. The van der Waals surface area contributed by atoms with Crippen LogP contribution in [0.25, 0.3) is 21.9 Å². The van der Waals surface area contributed by atoms with Gasteiger partial charge in [0.25, 0.3) is 0 Å². The molecular weight excluding hydrogens is 425 g/mol. The van der Waals surface area contributed by atoms with Crippen molar-refractivity contribution in [2.24, 2.45) is 5.92 Å². The molecule has 172 valence electrons. The van der Waals surface area contributed by atoms with Crippen LogP contribution in [-0.2, 0) is 9.53 Å². The number of aryl methyl sites for hydroxylation is 1. The molecule has 7 heteroatoms. The number of halogens is 1. The Morgan fingerprint density at radius 2 is 1.88 bits per heavy atom. The molecule has 0 radical (unpaired) electrons. The monoisotopic (exact) mass is 451 g/mol. The van der Waals surface area contributed by atoms with Gasteiger partial charge in [-0.05, 0) is 79.5 Å². The van der Waals surface area contributed by atoms with Gasteiger partial charge < -0.3 is 19.7 Å². The molecule has 1 aromatic heterocycles. The maximum Gasteiger partial charge on any atom is 0.306 e. The van der Waals surface area contributed by atoms with Crippen molar-refractivity contribution in [2.75, 3.05) is 13.2 Å². The topological polar surface area (TPSA) is 88.9 Å². The average molecular weight is 451 g/mol. The van der Waals surface area contributed by atoms with Crippen molar-refractivity contribution in [3.05, 3.63) is 53.5 Å². The van der Waals surface area contributed by atoms with E-state index in [1.54, 1.807) is 25.1 Å². The minimum absolute atomic E-state index is 0.0891. The summed E-state index contributed by atoms with van der Waals surface area (Å²) >= 11 is 0. The average Bonchev–Trinajstić information content (AvgIpc) is 2.77. The Kier molecular flexibility index (Phi) is 5.66. The number of phenols is 1. The van der Waals surface area contributed by atoms with Crippen LogP contribution in [0.5, 0.6) is 11.6 Å². The highest BCUT2D eigenvalue weighted by atomic mass is 19.1. The van der Waals surface area contributed by atoms with Crippen molar-refractivity contribution in [1.82, 2.24) is 4.98 Å². The zero-order valence-corrected chi connectivity index (χ0v) is 18.4. The van der Waals surface area contributed by atoms with E-state index in [0.29, 0.717) is 42.9 Å². The molecular formula is C26H26FNO5. The molecule has 0 atom stereocenters. The van der Waals surface area contributed by atoms with E-state index in [-0.39, 0.29) is 23.6 Å². The first kappa shape index (κ1) is 21.6. The molecule has 6 nitrogen and oxygen atoms in total. The van der Waals surface area contributed by atoms with Crippen LogP contribution in [0, 0.1) is 18.7 Å². The van der Waals surface area contributed by atoms with E-state index in [2.05, 4.69) is 0 Å². The van der Waals surface area contributed by atoms with E-state index in [0.717, 1.165) is 35.0 Å². The van der Waals surface area contributed by atoms with E-state index in [1.165, 1.54) is 6.07 Å². The largest absolute Gasteiger partial charge is 0.508 e. The number of hydrogen-bond acceptors (Lipinski definition) is 5. The molecule has 33 heavy (non-hydrogen) atoms. The normalized spacial score (nSPS) is 21.0. The van der Waals surface area contributed by atoms with Crippen molar-refractivity contribution in [3.8, 4) is 22.8 Å². The van der Waals surface area contributed by atoms with Crippen molar-refractivity contribution in [3.63, 3.8) is 0 Å². The number of pyridine rings is 1. The molecule has 1 saturated heterocycles. The van der Waals surface area contributed by atoms with Gasteiger partial charge >= 0.3 is 5.97 Å². The number of aromatic hydroxyl groups is 1. The highest BCUT2D eigenvalue weighted by molar-refractivity contribution is 6.01. The predicted molar refractivity (Wildman–Crippen MR) is 121 cm³/mol. The number of phenolic OH excluding ortho intramolecular Hbond substituents is 1. The Bertz CT molecular complexity index is 1220. The smallest absolute Gasteiger partial charge is 0.306 e. The summed E-state index contributed by atoms with van der Waals surface area (Å²) in [6, 6.07) is 10.2. The van der Waals surface area contributed by atoms with Crippen molar-refractivity contribution in [2.45, 2.75) is 44.6 Å². The van der Waals surface area contributed by atoms with Crippen LogP contribution in [0.15, 0.2) is 36.4 Å². The molecule has 5 rings (SSSR count). The molecule has 0 bridgehead atoms. The minimum Gasteiger partial charge on any atom is -0.508 e. The van der Waals surface area contributed by atoms with Crippen LogP contribution in [0.2, 0.25) is 0 Å². The molecule has 0 spiro atoms. The van der Waals surface area contributed by atoms with Gasteiger partial charge in [0.15, 0.2) is 0 Å². The molecule has 1 saturated carbocycles. The number of carboxylic acid groups (broad SMARTS) is 1. The summed E-state index contributed by atoms with van der Waals surface area (Å²) in [7, 11) is 0. The Morgan fingerprint density at radius 1 is 1.12 bits per heavy atom. The Morgan fingerprint density at radius 3 is 2.58 bits per heavy atom. The quantitative estimate of drug-likeness (QED) is 0.555. The zero-order valence-electron chi connectivity index (χ0n) is 18.4. The Balaban J connectivity index is 1.67. The number of carbonyl (C=O) groups is 1. The number of aliphatic carboxylic acids is 1. The number of rotatable bonds is 5. The van der Waals surface area contributed by atoms with Crippen molar-refractivity contribution >= 4 is 16.7 Å². The Hall–Kier alpha value is -3.19. The van der Waals surface area contributed by atoms with Crippen LogP contribution in [-0.4, -0.2) is 40.5 Å². The van der Waals surface area contributed by atoms with Gasteiger partial charge in [-0.2, -0.15) is 0 Å². The van der Waals surface area contributed by atoms with Crippen LogP contribution in [0.1, 0.15) is 42.9 Å². The third-order valence-electron chi connectivity index (χ3n) is 6.76. The Labute approximate surface area is 191 Å². The summed E-state index contributed by atoms with van der Waals surface area (Å²) in [5, 5.41) is 20.9. The first-order valence-corrected chi connectivity index (χ1v) is 11.3. The molecule has 0 amide bonds. The predicted octanol–water partition coefficient (Wildman–Crippen LogP) is 5.19. The van der Waals surface area contributed by atoms with Crippen LogP contribution in [0.4, 0.5) is 4.39 Å². The highest BCUT2D eigenvalue weighted by Gasteiger charge is 2.37. The number of ether oxygens (including phenoxy) is 2. The van der Waals surface area contributed by atoms with Gasteiger partial charge in [-0.3, -0.25) is 4.79 Å². The number of hydrogen-bond donors (Lipinski definition) is 2. The SMILES string of the molecule is Cc1cc(-c2c(C3CCOCC3)nc(OC3CC(C(=O)O)C3)c3cc(O)ccc23)ccc1F. The van der Waals surface area contributed by atoms with Crippen LogP contribution in [0.3, 0.4) is 0 Å². The first-order valence-electron chi connectivity index (χ1n) is 11.3. The molecule has 2 aliphatic rings. The van der Waals surface area contributed by atoms with Gasteiger partial charge in [0.1, 0.15) is 17.7 Å². The molecule has 0 unspecified atom stereocenters. The number of benzene rings is 2. The summed E-state index contributed by atoms with van der Waals surface area (Å²) in [5.74, 6) is -0.835. The molecule has 2 heterocycles. The number of fused-ring (bicyclic) bond motifs is 1. The fourth-order valence-corrected chi connectivity index (χ4v) is 4.77. The number of aromatic nitrogens is 1. The van der Waals surface area contributed by atoms with E-state index >= 15 is 0 Å². The highest BCUT2D eigenvalue weighted by Crippen LogP contribution is 2.43. The summed E-state index contributed by atoms with van der Waals surface area (Å²) in [6.07, 6.45) is 2.26. The molecule has 3 aromatic rings. The maximum absolute atomic E-state index is 14.1. The molecule has 1 aliphatic heterocycles. The van der Waals surface area contributed by atoms with Gasteiger partial charge in [0, 0.05) is 30.1 Å². The lowest BCUT2D eigenvalue weighted by Gasteiger charge is -2.33. The third kappa shape index (κ3) is 4.13. The minimum atomic E-state index is -0.810. The molecule has 2 N–H and O–H groups in total. The summed E-state index contributed by atoms with van der Waals surface area (Å²) in [6.45, 7) is 3.02. The maximum atomic E-state index is 14.1. The molecule has 2 aromatic carbocycles. The molecule has 1 aliphatic carbocycles. The lowest BCUT2D eigenvalue weighted by Crippen LogP contribution is -2.38. The van der Waals surface area contributed by atoms with Crippen molar-refractivity contribution < 1.29 is 28.9 Å². The lowest BCUT2D eigenvalue weighted by molar-refractivity contribution is -0.148. The second-order valence-corrected chi connectivity index (χ2v) is 9.00. The lowest BCUT2D eigenvalue weighted by atomic mass is 9.82. The van der Waals surface area contributed by atoms with E-state index in [4.69, 9.17) is 14.5 Å². The van der Waals surface area contributed by atoms with E-state index in [1.807, 2.05) is 12.1 Å². The van der Waals surface area contributed by atoms with Crippen LogP contribution >= 0.6 is 0 Å². The number of nitrogens with zero attached hydrogens (tertiary/aromatic N) is 1. The fraction of sp³-hybridized carbons (Fsp3) is 0.385. The fourth-order valence-electron chi connectivity index (χ4n) is 4.77. The van der Waals surface area contributed by atoms with Gasteiger partial charge in [0.2, 0.25) is 5.88 Å². The standard InChI is InChI=1S/C26H26FNO5/c1-14-10-16(2-5-22(14)27)23-20-4-3-18(29)13-21(20)25(33-19-11-17(12-19)26(30)31)28-24(23)15-6-8-32-9-7-15/h2-5,10,13,15,17,19,29H,6-9,11-12H2,1H3,(H,30,31). The van der Waals surface area contributed by atoms with Gasteiger partial charge in [-0.15, -0.1) is 0 Å². The second-order valence-electron chi connectivity index (χ2n) is 9.00. The van der Waals surface area contributed by atoms with Crippen LogP contribution < -0.4 is 4.74 Å². The van der Waals surface area contributed by atoms with Crippen molar-refractivity contribution in [1.29, 1.82) is 0 Å². The third-order valence-corrected chi connectivity index (χ3v) is 6.76. The van der Waals surface area contributed by atoms with Gasteiger partial charge in [0.05, 0.1) is 11.6 Å². The summed E-state index contributed by atoms with van der Waals surface area (Å²) in [5.41, 5.74) is 3.18. The van der Waals surface area contributed by atoms with Gasteiger partial charge in [-0.1, -0.05) is 6.07 Å². The van der Waals surface area contributed by atoms with E-state index in [9.17, 15) is 19.4 Å². The van der Waals surface area contributed by atoms with E-state index < -0.39 is 11.9 Å².